The number of rotatable bonds is 14. The van der Waals surface area contributed by atoms with E-state index in [1.165, 1.54) is 14.2 Å². The van der Waals surface area contributed by atoms with Crippen LogP contribution in [0.2, 0.25) is 0 Å². The lowest BCUT2D eigenvalue weighted by molar-refractivity contribution is -0.132. The number of nitrogens with one attached hydrogen (secondary N) is 4. The average molecular weight is 901 g/mol. The molecule has 0 saturated carbocycles. The second-order valence-electron chi connectivity index (χ2n) is 15.4. The van der Waals surface area contributed by atoms with Gasteiger partial charge in [0.05, 0.1) is 32.1 Å². The SMILES string of the molecule is COC(=O)N[C@H](C(=O)N[C@@H](Cc1ccccc1)[C@@H](O)CN(Cc1ccc(-c2ccccn2)cc1)NC(=O)[C@@H](NC(=O)OC)C(C)(C)C)C(C)(C)C.O=S(=O)(O)O.O=S(=O)(O)O. The molecule has 3 aromatic rings. The Morgan fingerprint density at radius 2 is 1.13 bits per heavy atom. The van der Waals surface area contributed by atoms with Crippen LogP contribution in [-0.4, -0.2) is 119 Å². The first-order chi connectivity index (χ1) is 28.0. The number of aliphatic hydroxyl groups is 1. The first-order valence-corrected chi connectivity index (χ1v) is 21.0. The summed E-state index contributed by atoms with van der Waals surface area (Å²) in [5.74, 6) is -1.03. The molecule has 0 unspecified atom stereocenters. The first kappa shape index (κ1) is 53.7. The Morgan fingerprint density at radius 3 is 1.56 bits per heavy atom. The first-order valence-electron chi connectivity index (χ1n) is 18.2. The zero-order chi connectivity index (χ0) is 46.8. The molecular formula is C38H56N6O15S2. The number of pyridine rings is 1. The van der Waals surface area contributed by atoms with Gasteiger partial charge in [-0.15, -0.1) is 0 Å². The largest absolute Gasteiger partial charge is 0.453 e. The summed E-state index contributed by atoms with van der Waals surface area (Å²) in [6.07, 6.45) is -0.778. The van der Waals surface area contributed by atoms with Crippen LogP contribution in [-0.2, 0) is 52.8 Å². The number of aliphatic hydroxyl groups excluding tert-OH is 1. The van der Waals surface area contributed by atoms with Crippen molar-refractivity contribution in [1.29, 1.82) is 0 Å². The molecule has 0 aliphatic heterocycles. The van der Waals surface area contributed by atoms with Gasteiger partial charge in [0.1, 0.15) is 12.1 Å². The Morgan fingerprint density at radius 1 is 0.672 bits per heavy atom. The van der Waals surface area contributed by atoms with E-state index in [4.69, 9.17) is 44.5 Å². The molecule has 0 radical (unpaired) electrons. The summed E-state index contributed by atoms with van der Waals surface area (Å²) in [5.41, 5.74) is 4.88. The van der Waals surface area contributed by atoms with Gasteiger partial charge in [0.15, 0.2) is 0 Å². The van der Waals surface area contributed by atoms with Crippen molar-refractivity contribution in [2.24, 2.45) is 10.8 Å². The molecule has 0 saturated heterocycles. The molecule has 0 fully saturated rings. The molecule has 2 aromatic carbocycles. The Labute approximate surface area is 355 Å². The topological polar surface area (TPSA) is 320 Å². The molecule has 61 heavy (non-hydrogen) atoms. The fourth-order valence-corrected chi connectivity index (χ4v) is 5.38. The Hall–Kier alpha value is -5.27. The monoisotopic (exact) mass is 900 g/mol. The Kier molecular flexibility index (Phi) is 21.4. The summed E-state index contributed by atoms with van der Waals surface area (Å²) in [5, 5.41) is 21.6. The third-order valence-electron chi connectivity index (χ3n) is 8.21. The molecule has 1 heterocycles. The molecule has 0 bridgehead atoms. The number of aromatic nitrogens is 1. The van der Waals surface area contributed by atoms with E-state index < -0.39 is 79.9 Å². The van der Waals surface area contributed by atoms with Crippen LogP contribution in [0.4, 0.5) is 9.59 Å². The quantitative estimate of drug-likeness (QED) is 0.0830. The maximum Gasteiger partial charge on any atom is 0.407 e. The molecule has 1 aromatic heterocycles. The number of hydrogen-bond donors (Lipinski definition) is 9. The van der Waals surface area contributed by atoms with E-state index >= 15 is 0 Å². The molecule has 3 rings (SSSR count). The average Bonchev–Trinajstić information content (AvgIpc) is 3.14. The van der Waals surface area contributed by atoms with Gasteiger partial charge in [-0.2, -0.15) is 16.8 Å². The zero-order valence-electron chi connectivity index (χ0n) is 35.0. The van der Waals surface area contributed by atoms with E-state index in [0.717, 1.165) is 22.4 Å². The molecule has 340 valence electrons. The van der Waals surface area contributed by atoms with Crippen molar-refractivity contribution in [2.45, 2.75) is 78.7 Å². The maximum atomic E-state index is 13.8. The third kappa shape index (κ3) is 23.3. The highest BCUT2D eigenvalue weighted by molar-refractivity contribution is 7.80. The lowest BCUT2D eigenvalue weighted by Gasteiger charge is -2.35. The highest BCUT2D eigenvalue weighted by atomic mass is 32.3. The Bertz CT molecular complexity index is 2020. The van der Waals surface area contributed by atoms with Gasteiger partial charge in [0.25, 0.3) is 5.91 Å². The third-order valence-corrected chi connectivity index (χ3v) is 8.21. The van der Waals surface area contributed by atoms with Crippen LogP contribution in [0.15, 0.2) is 79.0 Å². The van der Waals surface area contributed by atoms with Gasteiger partial charge in [0.2, 0.25) is 5.91 Å². The number of alkyl carbamates (subject to hydrolysis) is 2. The highest BCUT2D eigenvalue weighted by Crippen LogP contribution is 2.23. The van der Waals surface area contributed by atoms with Crippen LogP contribution in [0.25, 0.3) is 11.3 Å². The smallest absolute Gasteiger partial charge is 0.407 e. The predicted octanol–water partition coefficient (Wildman–Crippen LogP) is 2.91. The molecule has 4 amide bonds. The van der Waals surface area contributed by atoms with Gasteiger partial charge >= 0.3 is 33.0 Å². The number of hydrogen-bond acceptors (Lipinski definition) is 13. The molecule has 21 nitrogen and oxygen atoms in total. The van der Waals surface area contributed by atoms with Crippen molar-refractivity contribution in [1.82, 2.24) is 31.4 Å². The molecule has 0 aliphatic rings. The number of hydrazine groups is 1. The minimum absolute atomic E-state index is 0.120. The summed E-state index contributed by atoms with van der Waals surface area (Å²) < 4.78 is 72.7. The summed E-state index contributed by atoms with van der Waals surface area (Å²) in [4.78, 5) is 56.3. The molecule has 4 atom stereocenters. The fraction of sp³-hybridized carbons (Fsp3) is 0.447. The van der Waals surface area contributed by atoms with Gasteiger partial charge < -0.3 is 30.5 Å². The summed E-state index contributed by atoms with van der Waals surface area (Å²) in [6, 6.07) is 19.8. The van der Waals surface area contributed by atoms with Crippen LogP contribution in [0.3, 0.4) is 0 Å². The second kappa shape index (κ2) is 24.2. The lowest BCUT2D eigenvalue weighted by atomic mass is 9.85. The molecule has 23 heteroatoms. The standard InChI is InChI=1S/C38H52N6O7.2H2O4S/c1-37(2,3)31(41-35(48)50-7)33(46)40-29(22-25-14-10-9-11-15-25)30(45)24-44(43-34(47)32(38(4,5)6)42-36(49)51-8)23-26-17-19-27(20-18-26)28-16-12-13-21-39-28;2*1-5(2,3)4/h9-21,29-32,45H,22-24H2,1-8H3,(H,40,46)(H,41,48)(H,42,49)(H,43,47);2*(H2,1,2,3,4)/t29-,30-,31+,32+;;/m0../s1. The van der Waals surface area contributed by atoms with Gasteiger partial charge in [-0.3, -0.25) is 38.2 Å². The summed E-state index contributed by atoms with van der Waals surface area (Å²) >= 11 is 0. The van der Waals surface area contributed by atoms with E-state index in [2.05, 4.69) is 26.4 Å². The van der Waals surface area contributed by atoms with Crippen molar-refractivity contribution >= 4 is 44.8 Å². The van der Waals surface area contributed by atoms with Gasteiger partial charge in [0, 0.05) is 24.8 Å². The van der Waals surface area contributed by atoms with Crippen molar-refractivity contribution in [3.05, 3.63) is 90.1 Å². The van der Waals surface area contributed by atoms with Crippen LogP contribution < -0.4 is 21.4 Å². The Balaban J connectivity index is 0.00000166. The second-order valence-corrected chi connectivity index (χ2v) is 17.2. The normalized spacial score (nSPS) is 13.6. The van der Waals surface area contributed by atoms with Crippen LogP contribution in [0.5, 0.6) is 0 Å². The van der Waals surface area contributed by atoms with Crippen molar-refractivity contribution < 1.29 is 68.8 Å². The lowest BCUT2D eigenvalue weighted by Crippen LogP contribution is -2.60. The van der Waals surface area contributed by atoms with Crippen LogP contribution in [0.1, 0.15) is 52.7 Å². The predicted molar refractivity (Wildman–Crippen MR) is 222 cm³/mol. The van der Waals surface area contributed by atoms with E-state index in [0.29, 0.717) is 0 Å². The number of benzene rings is 2. The highest BCUT2D eigenvalue weighted by Gasteiger charge is 2.37. The van der Waals surface area contributed by atoms with Gasteiger partial charge in [-0.1, -0.05) is 102 Å². The van der Waals surface area contributed by atoms with E-state index in [9.17, 15) is 24.3 Å². The van der Waals surface area contributed by atoms with Crippen LogP contribution in [0, 0.1) is 10.8 Å². The zero-order valence-corrected chi connectivity index (χ0v) is 36.6. The number of nitrogens with zero attached hydrogens (tertiary/aromatic N) is 2. The van der Waals surface area contributed by atoms with E-state index in [1.807, 2.05) is 93.6 Å². The van der Waals surface area contributed by atoms with Crippen molar-refractivity contribution in [2.75, 3.05) is 20.8 Å². The number of carbonyl (C=O) groups excluding carboxylic acids is 4. The van der Waals surface area contributed by atoms with Crippen molar-refractivity contribution in [3.8, 4) is 11.3 Å². The van der Waals surface area contributed by atoms with E-state index in [-0.39, 0.29) is 19.5 Å². The molecule has 0 aliphatic carbocycles. The number of amides is 4. The summed E-state index contributed by atoms with van der Waals surface area (Å²) in [6.45, 7) is 10.9. The number of methoxy groups -OCH3 is 2. The van der Waals surface area contributed by atoms with Crippen LogP contribution >= 0.6 is 0 Å². The minimum Gasteiger partial charge on any atom is -0.453 e. The minimum atomic E-state index is -4.67. The molecular weight excluding hydrogens is 845 g/mol. The van der Waals surface area contributed by atoms with Crippen molar-refractivity contribution in [3.63, 3.8) is 0 Å². The maximum absolute atomic E-state index is 13.8. The molecule has 9 N–H and O–H groups in total. The van der Waals surface area contributed by atoms with Gasteiger partial charge in [-0.25, -0.2) is 14.6 Å². The summed E-state index contributed by atoms with van der Waals surface area (Å²) in [7, 11) is -6.90. The van der Waals surface area contributed by atoms with Gasteiger partial charge in [-0.05, 0) is 40.5 Å². The number of carbonyl (C=O) groups is 4. The fourth-order valence-electron chi connectivity index (χ4n) is 5.38. The molecule has 0 spiro atoms. The number of ether oxygens (including phenoxy) is 2. The van der Waals surface area contributed by atoms with E-state index in [1.54, 1.807) is 32.0 Å².